The molecule has 0 spiro atoms. The molecule has 0 aliphatic carbocycles. The van der Waals surface area contributed by atoms with Crippen LogP contribution in [0.15, 0.2) is 29.7 Å². The fourth-order valence-corrected chi connectivity index (χ4v) is 7.29. The number of nitrogens with two attached hydrogens (primary N) is 2. The molecule has 3 fully saturated rings. The van der Waals surface area contributed by atoms with Gasteiger partial charge in [-0.2, -0.15) is 4.98 Å². The molecule has 0 saturated carbocycles. The first-order valence-electron chi connectivity index (χ1n) is 13.0. The number of pyridine rings is 1. The van der Waals surface area contributed by atoms with Gasteiger partial charge in [-0.3, -0.25) is 37.0 Å². The van der Waals surface area contributed by atoms with Crippen LogP contribution in [0.5, 0.6) is 0 Å². The summed E-state index contributed by atoms with van der Waals surface area (Å²) in [4.78, 5) is 52.3. The first-order valence-corrected chi connectivity index (χ1v) is 16.0. The van der Waals surface area contributed by atoms with Gasteiger partial charge in [-0.1, -0.05) is 0 Å². The highest BCUT2D eigenvalue weighted by atomic mass is 31.2. The number of nitrogens with one attached hydrogen (secondary N) is 1. The van der Waals surface area contributed by atoms with E-state index in [0.717, 1.165) is 0 Å². The molecule has 7 heterocycles. The molecule has 3 aliphatic heterocycles. The van der Waals surface area contributed by atoms with Crippen LogP contribution in [0.3, 0.4) is 0 Å². The van der Waals surface area contributed by atoms with E-state index in [1.807, 2.05) is 0 Å². The highest BCUT2D eigenvalue weighted by molar-refractivity contribution is 7.47. The van der Waals surface area contributed by atoms with E-state index in [2.05, 4.69) is 24.9 Å². The number of anilines is 2. The zero-order valence-corrected chi connectivity index (χ0v) is 24.0. The number of ether oxygens (including phenoxy) is 2. The summed E-state index contributed by atoms with van der Waals surface area (Å²) in [5.41, 5.74) is 11.7. The minimum atomic E-state index is -4.92. The molecule has 3 aliphatic rings. The van der Waals surface area contributed by atoms with Gasteiger partial charge in [0.05, 0.1) is 37.7 Å². The Morgan fingerprint density at radius 1 is 0.909 bits per heavy atom. The van der Waals surface area contributed by atoms with Crippen molar-refractivity contribution in [2.45, 2.75) is 49.4 Å². The molecule has 236 valence electrons. The second-order valence-electron chi connectivity index (χ2n) is 10.2. The van der Waals surface area contributed by atoms with Crippen molar-refractivity contribution in [2.24, 2.45) is 0 Å². The molecule has 4 aromatic rings. The van der Waals surface area contributed by atoms with Crippen LogP contribution in [0.1, 0.15) is 18.9 Å². The van der Waals surface area contributed by atoms with Crippen molar-refractivity contribution in [3.8, 4) is 0 Å². The molecule has 0 radical (unpaired) electrons. The highest BCUT2D eigenvalue weighted by Crippen LogP contribution is 2.53. The van der Waals surface area contributed by atoms with Gasteiger partial charge in [-0.05, 0) is 6.07 Å². The van der Waals surface area contributed by atoms with Gasteiger partial charge in [0.15, 0.2) is 29.3 Å². The Kier molecular flexibility index (Phi) is 7.11. The van der Waals surface area contributed by atoms with E-state index in [4.69, 9.17) is 39.0 Å². The number of nitrogen functional groups attached to an aromatic ring is 2. The van der Waals surface area contributed by atoms with Gasteiger partial charge in [0.1, 0.15) is 29.9 Å². The predicted octanol–water partition coefficient (Wildman–Crippen LogP) is -0.707. The lowest BCUT2D eigenvalue weighted by atomic mass is 10.1. The molecule has 9 atom stereocenters. The number of aromatic amines is 1. The number of aliphatic hydroxyl groups excluding tert-OH is 1. The summed E-state index contributed by atoms with van der Waals surface area (Å²) in [7, 11) is -9.83. The number of aliphatic hydroxyl groups is 1. The SMILES string of the molecule is Nc1nc2c(ncn2[C@@H]2O[C@@H]3COP(=O)(O)O[C@H]4[C@@H](O)[C@H](n5cnc6c(N)ccnc65)O[C@@H]4COP(=O)(O)O[C@@H]2C3)c(=O)[nH]1. The maximum Gasteiger partial charge on any atom is 0.472 e. The van der Waals surface area contributed by atoms with Gasteiger partial charge in [0.25, 0.3) is 5.56 Å². The van der Waals surface area contributed by atoms with Crippen molar-refractivity contribution in [1.82, 2.24) is 34.1 Å². The van der Waals surface area contributed by atoms with E-state index < -0.39 is 77.4 Å². The van der Waals surface area contributed by atoms with E-state index in [1.165, 1.54) is 34.1 Å². The van der Waals surface area contributed by atoms with Crippen LogP contribution in [0, 0.1) is 0 Å². The molecule has 4 aromatic heterocycles. The van der Waals surface area contributed by atoms with Crippen LogP contribution < -0.4 is 17.0 Å². The molecule has 7 rings (SSSR count). The third-order valence-corrected chi connectivity index (χ3v) is 9.29. The van der Waals surface area contributed by atoms with Gasteiger partial charge in [-0.25, -0.2) is 24.1 Å². The average Bonchev–Trinajstić information content (AvgIpc) is 3.72. The summed E-state index contributed by atoms with van der Waals surface area (Å²) in [5.74, 6) is -0.217. The number of phosphoric acid groups is 2. The third-order valence-electron chi connectivity index (χ3n) is 7.29. The lowest BCUT2D eigenvalue weighted by Gasteiger charge is -2.25. The number of rotatable bonds is 2. The summed E-state index contributed by atoms with van der Waals surface area (Å²) in [6, 6.07) is 1.53. The van der Waals surface area contributed by atoms with Crippen molar-refractivity contribution in [2.75, 3.05) is 24.7 Å². The highest BCUT2D eigenvalue weighted by Gasteiger charge is 2.51. The van der Waals surface area contributed by atoms with E-state index in [-0.39, 0.29) is 29.2 Å². The minimum absolute atomic E-state index is 0.0112. The molecule has 23 heteroatoms. The lowest BCUT2D eigenvalue weighted by Crippen LogP contribution is -2.36. The molecule has 21 nitrogen and oxygen atoms in total. The topological polar surface area (TPSA) is 297 Å². The molecule has 44 heavy (non-hydrogen) atoms. The first kappa shape index (κ1) is 29.4. The monoisotopic (exact) mass is 657 g/mol. The van der Waals surface area contributed by atoms with Gasteiger partial charge in [0, 0.05) is 12.6 Å². The molecule has 3 saturated heterocycles. The maximum absolute atomic E-state index is 13.2. The first-order chi connectivity index (χ1) is 20.9. The Morgan fingerprint density at radius 2 is 1.61 bits per heavy atom. The van der Waals surface area contributed by atoms with E-state index in [1.54, 1.807) is 0 Å². The molecule has 0 amide bonds. The number of H-pyrrole nitrogens is 1. The third kappa shape index (κ3) is 5.21. The Morgan fingerprint density at radius 3 is 2.41 bits per heavy atom. The summed E-state index contributed by atoms with van der Waals surface area (Å²) >= 11 is 0. The zero-order chi connectivity index (χ0) is 31.0. The van der Waals surface area contributed by atoms with Crippen LogP contribution in [0.4, 0.5) is 11.6 Å². The van der Waals surface area contributed by atoms with Crippen molar-refractivity contribution in [3.63, 3.8) is 0 Å². The standard InChI is InChI=1S/C21H25N9O12P2/c22-9-1-2-24-16-12(9)25-6-29(16)20-14(31)15-11(40-20)5-38-43(33,34)41-10-3-8(4-37-44(35,36)42-15)39-19(10)30-7-26-13-17(30)27-21(23)28-18(13)32/h1-2,6-8,10-11,14-15,19-20,31H,3-5H2,(H2,22,24)(H,33,34)(H,35,36)(H3,23,27,28,32)/t8-,10+,11+,14+,15+,19+,20+/m0/s1. The number of nitrogens with zero attached hydrogens (tertiary/aromatic N) is 6. The summed E-state index contributed by atoms with van der Waals surface area (Å²) in [5, 5.41) is 11.1. The van der Waals surface area contributed by atoms with Gasteiger partial charge in [-0.15, -0.1) is 0 Å². The molecular weight excluding hydrogens is 632 g/mol. The van der Waals surface area contributed by atoms with Crippen molar-refractivity contribution in [3.05, 3.63) is 35.3 Å². The maximum atomic E-state index is 13.2. The molecule has 0 aromatic carbocycles. The zero-order valence-electron chi connectivity index (χ0n) is 22.2. The Hall–Kier alpha value is -3.33. The molecule has 2 unspecified atom stereocenters. The van der Waals surface area contributed by atoms with Crippen LogP contribution in [-0.2, 0) is 36.7 Å². The Balaban J connectivity index is 1.19. The van der Waals surface area contributed by atoms with Gasteiger partial charge < -0.3 is 35.8 Å². The van der Waals surface area contributed by atoms with Gasteiger partial charge in [0.2, 0.25) is 5.95 Å². The van der Waals surface area contributed by atoms with E-state index in [9.17, 15) is 28.8 Å². The van der Waals surface area contributed by atoms with Crippen LogP contribution >= 0.6 is 15.6 Å². The van der Waals surface area contributed by atoms with Crippen LogP contribution in [-0.4, -0.2) is 92.7 Å². The van der Waals surface area contributed by atoms with Crippen molar-refractivity contribution in [1.29, 1.82) is 0 Å². The molecular formula is C21H25N9O12P2. The average molecular weight is 657 g/mol. The van der Waals surface area contributed by atoms with E-state index >= 15 is 0 Å². The number of hydrogen-bond acceptors (Lipinski definition) is 16. The number of phosphoric ester groups is 2. The summed E-state index contributed by atoms with van der Waals surface area (Å²) in [6.07, 6.45) is -5.56. The van der Waals surface area contributed by atoms with Crippen LogP contribution in [0.25, 0.3) is 22.3 Å². The molecule has 2 bridgehead atoms. The fraction of sp³-hybridized carbons (Fsp3) is 0.476. The predicted molar refractivity (Wildman–Crippen MR) is 144 cm³/mol. The molecule has 8 N–H and O–H groups in total. The van der Waals surface area contributed by atoms with Gasteiger partial charge >= 0.3 is 15.6 Å². The number of aromatic nitrogens is 7. The fourth-order valence-electron chi connectivity index (χ4n) is 5.38. The normalized spacial score (nSPS) is 36.6. The minimum Gasteiger partial charge on any atom is -0.397 e. The van der Waals surface area contributed by atoms with Crippen molar-refractivity contribution < 1.29 is 51.6 Å². The Bertz CT molecular complexity index is 1900. The second kappa shape index (κ2) is 10.6. The van der Waals surface area contributed by atoms with E-state index in [0.29, 0.717) is 11.2 Å². The summed E-state index contributed by atoms with van der Waals surface area (Å²) < 4.78 is 61.8. The second-order valence-corrected chi connectivity index (χ2v) is 13.0. The van der Waals surface area contributed by atoms with Crippen LogP contribution in [0.2, 0.25) is 0 Å². The quantitative estimate of drug-likeness (QED) is 0.145. The number of hydrogen-bond donors (Lipinski definition) is 6. The Labute approximate surface area is 244 Å². The smallest absolute Gasteiger partial charge is 0.397 e. The lowest BCUT2D eigenvalue weighted by molar-refractivity contribution is -0.0670. The number of fused-ring (bicyclic) bond motifs is 5. The largest absolute Gasteiger partial charge is 0.472 e. The summed E-state index contributed by atoms with van der Waals surface area (Å²) in [6.45, 7) is -1.28. The van der Waals surface area contributed by atoms with Crippen molar-refractivity contribution >= 4 is 49.6 Å². The number of imidazole rings is 2.